The number of piperazine rings is 1. The number of carbonyl (C=O) groups excluding carboxylic acids is 1. The number of anilines is 1. The Balaban J connectivity index is 1.14. The van der Waals surface area contributed by atoms with Gasteiger partial charge in [0.25, 0.3) is 0 Å². The number of hydrogen-bond donors (Lipinski definition) is 0. The standard InChI is InChI=1S/C20H26N4O2S/c25-19-20(7-1-2-8-20)14-15(26-19)6-9-23-10-12-24(13-11-23)17-5-3-4-16-18(17)22-27-21-16/h3-5,15H,1-2,6-14H2/t15-/m1/s1. The molecule has 144 valence electrons. The summed E-state index contributed by atoms with van der Waals surface area (Å²) >= 11 is 1.28. The van der Waals surface area contributed by atoms with Gasteiger partial charge in [0, 0.05) is 39.1 Å². The number of benzene rings is 1. The normalized spacial score (nSPS) is 25.6. The highest BCUT2D eigenvalue weighted by molar-refractivity contribution is 7.00. The number of hydrogen-bond acceptors (Lipinski definition) is 7. The highest BCUT2D eigenvalue weighted by Gasteiger charge is 2.50. The van der Waals surface area contributed by atoms with E-state index < -0.39 is 0 Å². The van der Waals surface area contributed by atoms with Crippen LogP contribution in [-0.4, -0.2) is 58.4 Å². The lowest BCUT2D eigenvalue weighted by Crippen LogP contribution is -2.47. The van der Waals surface area contributed by atoms with Gasteiger partial charge in [0.15, 0.2) is 0 Å². The third-order valence-electron chi connectivity index (χ3n) is 6.63. The second-order valence-corrected chi connectivity index (χ2v) is 8.77. The minimum Gasteiger partial charge on any atom is -0.462 e. The number of esters is 1. The van der Waals surface area contributed by atoms with Gasteiger partial charge < -0.3 is 9.64 Å². The van der Waals surface area contributed by atoms with Crippen molar-refractivity contribution in [3.63, 3.8) is 0 Å². The number of aromatic nitrogens is 2. The summed E-state index contributed by atoms with van der Waals surface area (Å²) in [6.45, 7) is 5.11. The van der Waals surface area contributed by atoms with Crippen LogP contribution >= 0.6 is 11.7 Å². The van der Waals surface area contributed by atoms with E-state index in [1.807, 2.05) is 6.07 Å². The summed E-state index contributed by atoms with van der Waals surface area (Å²) in [7, 11) is 0. The molecule has 3 heterocycles. The molecule has 1 aromatic heterocycles. The van der Waals surface area contributed by atoms with Crippen molar-refractivity contribution in [3.05, 3.63) is 18.2 Å². The maximum Gasteiger partial charge on any atom is 0.312 e. The number of ether oxygens (including phenoxy) is 1. The SMILES string of the molecule is O=C1O[C@H](CCN2CCN(c3cccc4nsnc34)CC2)CC12CCCC2. The average molecular weight is 387 g/mol. The van der Waals surface area contributed by atoms with Crippen LogP contribution in [0.4, 0.5) is 5.69 Å². The van der Waals surface area contributed by atoms with Crippen molar-refractivity contribution < 1.29 is 9.53 Å². The molecule has 1 aliphatic carbocycles. The van der Waals surface area contributed by atoms with Crippen molar-refractivity contribution in [2.45, 2.75) is 44.6 Å². The van der Waals surface area contributed by atoms with Crippen molar-refractivity contribution in [1.82, 2.24) is 13.6 Å². The van der Waals surface area contributed by atoms with Crippen LogP contribution in [-0.2, 0) is 9.53 Å². The molecular formula is C20H26N4O2S. The van der Waals surface area contributed by atoms with Crippen LogP contribution in [0.3, 0.4) is 0 Å². The van der Waals surface area contributed by atoms with Gasteiger partial charge in [0.05, 0.1) is 22.8 Å². The molecule has 2 aromatic rings. The van der Waals surface area contributed by atoms with Crippen molar-refractivity contribution in [2.24, 2.45) is 5.41 Å². The summed E-state index contributed by atoms with van der Waals surface area (Å²) < 4.78 is 14.6. The first-order valence-electron chi connectivity index (χ1n) is 10.1. The molecule has 0 amide bonds. The predicted octanol–water partition coefficient (Wildman–Crippen LogP) is 3.08. The fraction of sp³-hybridized carbons (Fsp3) is 0.650. The van der Waals surface area contributed by atoms with Gasteiger partial charge in [-0.3, -0.25) is 9.69 Å². The molecular weight excluding hydrogens is 360 g/mol. The van der Waals surface area contributed by atoms with Gasteiger partial charge in [0.2, 0.25) is 0 Å². The van der Waals surface area contributed by atoms with E-state index in [1.54, 1.807) is 0 Å². The van der Waals surface area contributed by atoms with Crippen molar-refractivity contribution in [3.8, 4) is 0 Å². The molecule has 1 atom stereocenters. The lowest BCUT2D eigenvalue weighted by molar-refractivity contribution is -0.148. The fourth-order valence-electron chi connectivity index (χ4n) is 5.04. The van der Waals surface area contributed by atoms with Gasteiger partial charge in [-0.2, -0.15) is 8.75 Å². The Hall–Kier alpha value is -1.73. The molecule has 1 spiro atoms. The highest BCUT2D eigenvalue weighted by Crippen LogP contribution is 2.48. The Bertz CT molecular complexity index is 824. The maximum absolute atomic E-state index is 12.3. The smallest absolute Gasteiger partial charge is 0.312 e. The lowest BCUT2D eigenvalue weighted by atomic mass is 9.83. The van der Waals surface area contributed by atoms with Gasteiger partial charge in [-0.15, -0.1) is 0 Å². The summed E-state index contributed by atoms with van der Waals surface area (Å²) in [5.41, 5.74) is 3.09. The fourth-order valence-corrected chi connectivity index (χ4v) is 5.59. The largest absolute Gasteiger partial charge is 0.462 e. The molecule has 3 fully saturated rings. The molecule has 2 aliphatic heterocycles. The molecule has 5 rings (SSSR count). The molecule has 3 aliphatic rings. The van der Waals surface area contributed by atoms with E-state index in [1.165, 1.54) is 30.3 Å². The number of carbonyl (C=O) groups is 1. The highest BCUT2D eigenvalue weighted by atomic mass is 32.1. The quantitative estimate of drug-likeness (QED) is 0.753. The van der Waals surface area contributed by atoms with E-state index in [4.69, 9.17) is 4.74 Å². The first-order valence-corrected chi connectivity index (χ1v) is 10.9. The van der Waals surface area contributed by atoms with E-state index in [0.29, 0.717) is 0 Å². The first kappa shape index (κ1) is 17.4. The van der Waals surface area contributed by atoms with E-state index in [2.05, 4.69) is 30.7 Å². The summed E-state index contributed by atoms with van der Waals surface area (Å²) in [5, 5.41) is 0. The van der Waals surface area contributed by atoms with Crippen LogP contribution in [0.15, 0.2) is 18.2 Å². The minimum atomic E-state index is -0.121. The zero-order chi connectivity index (χ0) is 18.3. The van der Waals surface area contributed by atoms with Gasteiger partial charge in [0.1, 0.15) is 17.1 Å². The Morgan fingerprint density at radius 1 is 1.15 bits per heavy atom. The third-order valence-corrected chi connectivity index (χ3v) is 7.17. The van der Waals surface area contributed by atoms with E-state index in [0.717, 1.165) is 69.4 Å². The summed E-state index contributed by atoms with van der Waals surface area (Å²) in [6, 6.07) is 6.25. The molecule has 0 radical (unpaired) electrons. The second-order valence-electron chi connectivity index (χ2n) is 8.25. The van der Waals surface area contributed by atoms with Crippen LogP contribution in [0.2, 0.25) is 0 Å². The van der Waals surface area contributed by atoms with Crippen LogP contribution in [0, 0.1) is 5.41 Å². The van der Waals surface area contributed by atoms with E-state index >= 15 is 0 Å². The van der Waals surface area contributed by atoms with E-state index in [-0.39, 0.29) is 17.5 Å². The first-order chi connectivity index (χ1) is 13.2. The maximum atomic E-state index is 12.3. The molecule has 7 heteroatoms. The van der Waals surface area contributed by atoms with Gasteiger partial charge in [-0.25, -0.2) is 0 Å². The number of fused-ring (bicyclic) bond motifs is 1. The average Bonchev–Trinajstić information content (AvgIpc) is 3.42. The number of rotatable bonds is 4. The second kappa shape index (κ2) is 7.02. The summed E-state index contributed by atoms with van der Waals surface area (Å²) in [5.74, 6) is 0.0831. The molecule has 0 unspecified atom stereocenters. The van der Waals surface area contributed by atoms with Crippen LogP contribution in [0.5, 0.6) is 0 Å². The lowest BCUT2D eigenvalue weighted by Gasteiger charge is -2.36. The molecule has 0 bridgehead atoms. The zero-order valence-corrected chi connectivity index (χ0v) is 16.4. The van der Waals surface area contributed by atoms with Crippen LogP contribution in [0.25, 0.3) is 11.0 Å². The van der Waals surface area contributed by atoms with Crippen molar-refractivity contribution in [2.75, 3.05) is 37.6 Å². The minimum absolute atomic E-state index is 0.0831. The van der Waals surface area contributed by atoms with Gasteiger partial charge in [-0.1, -0.05) is 18.9 Å². The van der Waals surface area contributed by atoms with Gasteiger partial charge in [-0.05, 0) is 31.4 Å². The topological polar surface area (TPSA) is 58.6 Å². The Morgan fingerprint density at radius 2 is 1.96 bits per heavy atom. The Kier molecular flexibility index (Phi) is 4.52. The Labute approximate surface area is 163 Å². The monoisotopic (exact) mass is 386 g/mol. The molecule has 0 N–H and O–H groups in total. The van der Waals surface area contributed by atoms with Crippen molar-refractivity contribution in [1.29, 1.82) is 0 Å². The molecule has 6 nitrogen and oxygen atoms in total. The van der Waals surface area contributed by atoms with Crippen LogP contribution in [0.1, 0.15) is 38.5 Å². The summed E-state index contributed by atoms with van der Waals surface area (Å²) in [6.07, 6.45) is 6.50. The zero-order valence-electron chi connectivity index (χ0n) is 15.6. The predicted molar refractivity (Wildman–Crippen MR) is 106 cm³/mol. The molecule has 27 heavy (non-hydrogen) atoms. The molecule has 1 saturated carbocycles. The molecule has 1 aromatic carbocycles. The molecule has 2 saturated heterocycles. The van der Waals surface area contributed by atoms with Gasteiger partial charge >= 0.3 is 5.97 Å². The van der Waals surface area contributed by atoms with E-state index in [9.17, 15) is 4.79 Å². The van der Waals surface area contributed by atoms with Crippen LogP contribution < -0.4 is 4.90 Å². The number of nitrogens with zero attached hydrogens (tertiary/aromatic N) is 4. The Morgan fingerprint density at radius 3 is 2.78 bits per heavy atom. The number of cyclic esters (lactones) is 1. The third kappa shape index (κ3) is 3.21. The van der Waals surface area contributed by atoms with Crippen molar-refractivity contribution >= 4 is 34.4 Å². The summed E-state index contributed by atoms with van der Waals surface area (Å²) in [4.78, 5) is 17.2.